The maximum atomic E-state index is 13.9. The Hall–Kier alpha value is -4.38. The Morgan fingerprint density at radius 2 is 1.73 bits per heavy atom. The number of amides is 1. The molecule has 6 heterocycles. The second-order valence-corrected chi connectivity index (χ2v) is 13.2. The number of carboxylic acids is 1. The summed E-state index contributed by atoms with van der Waals surface area (Å²) in [4.78, 5) is 37.9. The molecule has 2 aromatic rings. The molecule has 3 atom stereocenters. The highest BCUT2D eigenvalue weighted by Crippen LogP contribution is 2.42. The van der Waals surface area contributed by atoms with Crippen molar-refractivity contribution in [2.75, 3.05) is 57.8 Å². The molecule has 5 aliphatic rings. The molecule has 1 amide bonds. The zero-order chi connectivity index (χ0) is 30.6. The van der Waals surface area contributed by atoms with E-state index in [0.29, 0.717) is 24.7 Å². The lowest BCUT2D eigenvalue weighted by Crippen LogP contribution is -2.47. The number of hydrogen-bond acceptors (Lipinski definition) is 9. The van der Waals surface area contributed by atoms with Crippen molar-refractivity contribution in [3.8, 4) is 0 Å². The van der Waals surface area contributed by atoms with E-state index in [4.69, 9.17) is 5.10 Å². The van der Waals surface area contributed by atoms with Crippen LogP contribution >= 0.6 is 0 Å². The van der Waals surface area contributed by atoms with Crippen LogP contribution < -0.4 is 4.90 Å². The lowest BCUT2D eigenvalue weighted by Gasteiger charge is -2.35. The fourth-order valence-electron chi connectivity index (χ4n) is 7.67. The van der Waals surface area contributed by atoms with Crippen LogP contribution in [0.5, 0.6) is 0 Å². The van der Waals surface area contributed by atoms with Crippen LogP contribution in [0.15, 0.2) is 77.2 Å². The average molecular weight is 598 g/mol. The van der Waals surface area contributed by atoms with E-state index in [-0.39, 0.29) is 35.2 Å². The van der Waals surface area contributed by atoms with Crippen molar-refractivity contribution < 1.29 is 19.8 Å². The molecule has 1 aromatic heterocycles. The lowest BCUT2D eigenvalue weighted by molar-refractivity contribution is -0.124. The van der Waals surface area contributed by atoms with Gasteiger partial charge in [0.2, 0.25) is 5.84 Å². The number of benzene rings is 1. The smallest absolute Gasteiger partial charge is 0.354 e. The molecule has 3 saturated heterocycles. The first-order valence-electron chi connectivity index (χ1n) is 15.4. The highest BCUT2D eigenvalue weighted by Gasteiger charge is 2.48. The Labute approximate surface area is 257 Å². The van der Waals surface area contributed by atoms with Gasteiger partial charge in [-0.1, -0.05) is 43.3 Å². The summed E-state index contributed by atoms with van der Waals surface area (Å²) in [5.74, 6) is -0.0989. The largest absolute Gasteiger partial charge is 0.477 e. The minimum Gasteiger partial charge on any atom is -0.477 e. The fraction of sp³-hybridized carbons (Fsp3) is 0.455. The minimum absolute atomic E-state index is 0.0360. The van der Waals surface area contributed by atoms with Gasteiger partial charge in [0, 0.05) is 68.9 Å². The van der Waals surface area contributed by atoms with Crippen LogP contribution in [0.25, 0.3) is 0 Å². The number of amidine groups is 1. The number of aliphatic hydroxyl groups is 1. The molecule has 0 bridgehead atoms. The van der Waals surface area contributed by atoms with Gasteiger partial charge in [0.05, 0.1) is 12.3 Å². The highest BCUT2D eigenvalue weighted by molar-refractivity contribution is 6.38. The number of fused-ring (bicyclic) bond motifs is 1. The zero-order valence-corrected chi connectivity index (χ0v) is 25.3. The first-order chi connectivity index (χ1) is 21.2. The molecule has 2 N–H and O–H groups in total. The molecule has 0 saturated carbocycles. The van der Waals surface area contributed by atoms with E-state index in [1.54, 1.807) is 6.07 Å². The van der Waals surface area contributed by atoms with Crippen molar-refractivity contribution in [3.63, 3.8) is 0 Å². The van der Waals surface area contributed by atoms with Crippen LogP contribution in [0, 0.1) is 5.41 Å². The van der Waals surface area contributed by atoms with Crippen LogP contribution in [0.3, 0.4) is 0 Å². The Morgan fingerprint density at radius 3 is 2.50 bits per heavy atom. The summed E-state index contributed by atoms with van der Waals surface area (Å²) in [7, 11) is 1.87. The third kappa shape index (κ3) is 4.79. The van der Waals surface area contributed by atoms with E-state index in [9.17, 15) is 19.8 Å². The summed E-state index contributed by atoms with van der Waals surface area (Å²) in [6.07, 6.45) is 6.55. The van der Waals surface area contributed by atoms with Gasteiger partial charge in [0.1, 0.15) is 12.0 Å². The maximum absolute atomic E-state index is 13.9. The number of likely N-dealkylation sites (tertiary alicyclic amines) is 2. The quantitative estimate of drug-likeness (QED) is 0.518. The predicted molar refractivity (Wildman–Crippen MR) is 166 cm³/mol. The van der Waals surface area contributed by atoms with Crippen LogP contribution in [-0.4, -0.2) is 112 Å². The number of aromatic carboxylic acids is 1. The number of carboxylic acid groups (broad SMARTS) is 1. The van der Waals surface area contributed by atoms with E-state index in [0.717, 1.165) is 56.7 Å². The van der Waals surface area contributed by atoms with Crippen LogP contribution in [0.4, 0.5) is 5.82 Å². The first kappa shape index (κ1) is 28.4. The van der Waals surface area contributed by atoms with Crippen molar-refractivity contribution in [2.45, 2.75) is 37.8 Å². The summed E-state index contributed by atoms with van der Waals surface area (Å²) in [5.41, 5.74) is 3.15. The Balaban J connectivity index is 1.05. The number of carbonyl (C=O) groups is 2. The predicted octanol–water partition coefficient (Wildman–Crippen LogP) is 2.53. The van der Waals surface area contributed by atoms with E-state index in [1.165, 1.54) is 11.6 Å². The molecular weight excluding hydrogens is 558 g/mol. The van der Waals surface area contributed by atoms with Crippen molar-refractivity contribution in [2.24, 2.45) is 10.5 Å². The Morgan fingerprint density at radius 1 is 0.955 bits per heavy atom. The second kappa shape index (κ2) is 10.7. The molecule has 0 radical (unpaired) electrons. The molecule has 1 spiro atoms. The number of rotatable bonds is 6. The van der Waals surface area contributed by atoms with Gasteiger partial charge < -0.3 is 29.8 Å². The van der Waals surface area contributed by atoms with Crippen molar-refractivity contribution in [3.05, 3.63) is 83.3 Å². The molecule has 230 valence electrons. The number of likely N-dealkylation sites (N-methyl/N-ethyl adjacent to an activating group) is 1. The summed E-state index contributed by atoms with van der Waals surface area (Å²) in [5, 5.41) is 26.4. The number of carbonyl (C=O) groups excluding carboxylic acids is 1. The van der Waals surface area contributed by atoms with Gasteiger partial charge >= 0.3 is 5.97 Å². The van der Waals surface area contributed by atoms with E-state index >= 15 is 0 Å². The lowest BCUT2D eigenvalue weighted by atomic mass is 9.82. The summed E-state index contributed by atoms with van der Waals surface area (Å²) < 4.78 is 0. The average Bonchev–Trinajstić information content (AvgIpc) is 3.84. The molecule has 7 rings (SSSR count). The summed E-state index contributed by atoms with van der Waals surface area (Å²) >= 11 is 0. The number of hydrogen-bond donors (Lipinski definition) is 2. The molecule has 11 heteroatoms. The van der Waals surface area contributed by atoms with Gasteiger partial charge in [-0.2, -0.15) is 0 Å². The first-order valence-corrected chi connectivity index (χ1v) is 15.4. The van der Waals surface area contributed by atoms with Gasteiger partial charge in [0.15, 0.2) is 5.69 Å². The van der Waals surface area contributed by atoms with E-state index in [2.05, 4.69) is 52.0 Å². The fourth-order valence-corrected chi connectivity index (χ4v) is 7.67. The molecule has 11 nitrogen and oxygen atoms in total. The molecule has 5 aliphatic heterocycles. The van der Waals surface area contributed by atoms with Crippen molar-refractivity contribution in [1.29, 1.82) is 0 Å². The Kier molecular flexibility index (Phi) is 6.88. The number of aliphatic hydroxyl groups excluding tert-OH is 1. The topological polar surface area (TPSA) is 116 Å². The summed E-state index contributed by atoms with van der Waals surface area (Å²) in [6.45, 7) is 6.71. The molecule has 44 heavy (non-hydrogen) atoms. The van der Waals surface area contributed by atoms with Gasteiger partial charge in [-0.3, -0.25) is 4.79 Å². The van der Waals surface area contributed by atoms with Crippen LogP contribution in [0.1, 0.15) is 42.2 Å². The molecule has 2 unspecified atom stereocenters. The number of hydrazone groups is 1. The number of anilines is 1. The summed E-state index contributed by atoms with van der Waals surface area (Å²) in [6, 6.07) is 15.7. The number of allylic oxidation sites excluding steroid dienone is 1. The highest BCUT2D eigenvalue weighted by atomic mass is 16.4. The van der Waals surface area contributed by atoms with Crippen molar-refractivity contribution >= 4 is 23.5 Å². The van der Waals surface area contributed by atoms with Gasteiger partial charge in [-0.15, -0.1) is 5.10 Å². The van der Waals surface area contributed by atoms with E-state index in [1.807, 2.05) is 40.2 Å². The number of aromatic nitrogens is 1. The van der Waals surface area contributed by atoms with E-state index < -0.39 is 5.97 Å². The number of pyridine rings is 1. The van der Waals surface area contributed by atoms with Gasteiger partial charge in [-0.25, -0.2) is 14.8 Å². The van der Waals surface area contributed by atoms with Crippen LogP contribution in [-0.2, 0) is 10.2 Å². The third-order valence-electron chi connectivity index (χ3n) is 10.2. The van der Waals surface area contributed by atoms with Crippen molar-refractivity contribution in [1.82, 2.24) is 24.7 Å². The Bertz CT molecular complexity index is 1570. The van der Waals surface area contributed by atoms with Gasteiger partial charge in [-0.05, 0) is 43.0 Å². The van der Waals surface area contributed by atoms with Gasteiger partial charge in [0.25, 0.3) is 5.91 Å². The molecule has 3 fully saturated rings. The number of nitrogens with zero attached hydrogens (tertiary/aromatic N) is 7. The second-order valence-electron chi connectivity index (χ2n) is 13.2. The normalized spacial score (nSPS) is 28.0. The molecule has 0 aliphatic carbocycles. The zero-order valence-electron chi connectivity index (χ0n) is 25.3. The van der Waals surface area contributed by atoms with Crippen LogP contribution in [0.2, 0.25) is 0 Å². The maximum Gasteiger partial charge on any atom is 0.354 e. The minimum atomic E-state index is -1.04. The monoisotopic (exact) mass is 597 g/mol. The third-order valence-corrected chi connectivity index (χ3v) is 10.2. The SMILES string of the molecule is CN1C(C(=O)N2CCC3(CCN(c4cccc(C(=O)O)n4)C3)C2)=NN2C=C(N3CC[C@](C)(c4ccccc4)C3)C=C(CO)C21. The molecule has 1 aromatic carbocycles. The molecular formula is C33H39N7O4. The standard InChI is InChI=1S/C33H39N7O4/c1-32(24-7-4-3-5-8-24)11-14-37(20-32)25-17-23(19-41)29-36(2)28(35-40(29)18-25)30(42)39-16-13-33(22-39)12-15-38(21-33)27-10-6-9-26(34-27)31(43)44/h3-10,17-18,29,41H,11-16,19-22H2,1-2H3,(H,43,44)/t29?,32-,33?/m0/s1.